The Morgan fingerprint density at radius 3 is 1.88 bits per heavy atom. The number of hydrazone groups is 1. The normalized spacial score (nSPS) is 11.7. The van der Waals surface area contributed by atoms with E-state index in [1.807, 2.05) is 26.1 Å². The van der Waals surface area contributed by atoms with Gasteiger partial charge < -0.3 is 28.9 Å². The zero-order valence-electron chi connectivity index (χ0n) is 23.7. The molecule has 0 amide bonds. The highest BCUT2D eigenvalue weighted by Gasteiger charge is 2.13. The SMILES string of the molecule is C1=NNC(c2ccoc2)C1.C=CC=O.CCOCC.NN.O.O=C/C=C/c1ccoc1.O=Cc1ccoc1.[2H]CF. The lowest BCUT2D eigenvalue weighted by Crippen LogP contribution is -2.07. The van der Waals surface area contributed by atoms with Crippen molar-refractivity contribution in [1.82, 2.24) is 5.43 Å². The van der Waals surface area contributed by atoms with Crippen molar-refractivity contribution in [2.75, 3.05) is 20.4 Å². The van der Waals surface area contributed by atoms with Gasteiger partial charge in [-0.05, 0) is 50.3 Å². The highest BCUT2D eigenvalue weighted by molar-refractivity contribution is 5.73. The van der Waals surface area contributed by atoms with E-state index in [0.29, 0.717) is 17.9 Å². The molecule has 40 heavy (non-hydrogen) atoms. The number of hydrogen-bond donors (Lipinski definition) is 3. The molecule has 1 unspecified atom stereocenters. The van der Waals surface area contributed by atoms with Gasteiger partial charge in [-0.15, -0.1) is 0 Å². The number of carbonyl (C=O) groups excluding carboxylic acids is 3. The highest BCUT2D eigenvalue weighted by atomic mass is 19.1. The first-order chi connectivity index (χ1) is 19.6. The molecular formula is C27H41FN4O8. The molecule has 1 aliphatic heterocycles. The summed E-state index contributed by atoms with van der Waals surface area (Å²) in [4.78, 5) is 28.6. The summed E-state index contributed by atoms with van der Waals surface area (Å²) < 4.78 is 34.6. The Balaban J connectivity index is -0.000000206. The average Bonchev–Trinajstić information content (AvgIpc) is 3.83. The summed E-state index contributed by atoms with van der Waals surface area (Å²) in [6.45, 7) is 8.78. The molecule has 224 valence electrons. The number of hydrogen-bond acceptors (Lipinski definition) is 11. The number of furan rings is 3. The molecule has 0 saturated heterocycles. The number of nitrogens with one attached hydrogen (secondary N) is 1. The van der Waals surface area contributed by atoms with E-state index in [2.05, 4.69) is 33.2 Å². The van der Waals surface area contributed by atoms with Gasteiger partial charge in [-0.2, -0.15) is 5.10 Å². The molecule has 0 spiro atoms. The van der Waals surface area contributed by atoms with Crippen molar-refractivity contribution in [1.29, 1.82) is 0 Å². The van der Waals surface area contributed by atoms with Crippen molar-refractivity contribution in [3.05, 3.63) is 91.2 Å². The van der Waals surface area contributed by atoms with Crippen LogP contribution in [0.25, 0.3) is 6.08 Å². The first kappa shape index (κ1) is 40.1. The lowest BCUT2D eigenvalue weighted by molar-refractivity contribution is -0.104. The molecule has 1 aliphatic rings. The van der Waals surface area contributed by atoms with Gasteiger partial charge in [-0.25, -0.2) is 0 Å². The van der Waals surface area contributed by atoms with Gasteiger partial charge in [0.2, 0.25) is 0 Å². The number of nitrogens with two attached hydrogens (primary N) is 2. The molecular weight excluding hydrogens is 527 g/mol. The maximum Gasteiger partial charge on any atom is 0.153 e. The fraction of sp³-hybridized carbons (Fsp3) is 0.259. The molecule has 3 aromatic heterocycles. The van der Waals surface area contributed by atoms with E-state index in [1.54, 1.807) is 43.3 Å². The Hall–Kier alpha value is -4.43. The maximum absolute atomic E-state index is 9.96. The van der Waals surface area contributed by atoms with Crippen molar-refractivity contribution in [2.24, 2.45) is 16.8 Å². The topological polar surface area (TPSA) is 208 Å². The number of ether oxygens (including phenoxy) is 1. The summed E-state index contributed by atoms with van der Waals surface area (Å²) >= 11 is 0. The fourth-order valence-corrected chi connectivity index (χ4v) is 2.10. The van der Waals surface area contributed by atoms with Crippen LogP contribution in [-0.2, 0) is 14.3 Å². The second-order valence-corrected chi connectivity index (χ2v) is 6.17. The molecule has 1 atom stereocenters. The molecule has 0 radical (unpaired) electrons. The molecule has 0 aliphatic carbocycles. The Labute approximate surface area is 235 Å². The molecule has 4 rings (SSSR count). The van der Waals surface area contributed by atoms with Crippen LogP contribution in [0.15, 0.2) is 92.9 Å². The van der Waals surface area contributed by atoms with Crippen LogP contribution < -0.4 is 17.1 Å². The second kappa shape index (κ2) is 36.7. The second-order valence-electron chi connectivity index (χ2n) is 6.17. The average molecular weight is 570 g/mol. The van der Waals surface area contributed by atoms with Gasteiger partial charge in [0.05, 0.1) is 51.4 Å². The summed E-state index contributed by atoms with van der Waals surface area (Å²) in [7, 11) is -1.00. The number of alkyl halides is 1. The molecule has 0 fully saturated rings. The molecule has 0 bridgehead atoms. The zero-order chi connectivity index (χ0) is 30.7. The summed E-state index contributed by atoms with van der Waals surface area (Å²) in [5.41, 5.74) is 5.62. The van der Waals surface area contributed by atoms with Crippen LogP contribution in [0.4, 0.5) is 4.39 Å². The third kappa shape index (κ3) is 26.6. The molecule has 13 heteroatoms. The molecule has 0 saturated carbocycles. The number of allylic oxidation sites excluding steroid dienone is 2. The summed E-state index contributed by atoms with van der Waals surface area (Å²) in [5, 5.41) is 3.90. The number of aldehydes is 3. The Bertz CT molecular complexity index is 952. The minimum Gasteiger partial charge on any atom is -0.472 e. The van der Waals surface area contributed by atoms with Crippen LogP contribution in [-0.4, -0.2) is 50.9 Å². The standard InChI is InChI=1S/C7H8N2O.C7H6O2.C5H4O2.C4H10O.C3H4O.CH3F.H4N2.H2O/c1-3-8-9-7(1)6-2-4-10-5-6;8-4-1-2-7-3-5-9-6-7;6-3-5-1-2-7-4-5;1-3-5-4-2;1-2-3-4;2*1-2;/h2-5,7,9H,1H2;1-6H;1-4H;3-4H2,1-2H3;2-3H,1H2;1H3;1-2H2;1H2/b;2-1+;;;;;;/i;;;;;1D;;. The van der Waals surface area contributed by atoms with Crippen molar-refractivity contribution < 1.29 is 43.6 Å². The third-order valence-corrected chi connectivity index (χ3v) is 3.70. The van der Waals surface area contributed by atoms with Gasteiger partial charge in [-0.3, -0.25) is 30.5 Å². The molecule has 0 aromatic carbocycles. The van der Waals surface area contributed by atoms with E-state index in [0.717, 1.165) is 43.3 Å². The summed E-state index contributed by atoms with van der Waals surface area (Å²) in [6.07, 6.45) is 18.6. The quantitative estimate of drug-likeness (QED) is 0.162. The highest BCUT2D eigenvalue weighted by Crippen LogP contribution is 2.18. The van der Waals surface area contributed by atoms with Crippen LogP contribution in [0.1, 0.15) is 49.2 Å². The minimum atomic E-state index is -1.00. The van der Waals surface area contributed by atoms with Crippen LogP contribution in [0, 0.1) is 0 Å². The lowest BCUT2D eigenvalue weighted by Gasteiger charge is -2.03. The first-order valence-electron chi connectivity index (χ1n) is 12.0. The molecule has 3 aromatic rings. The number of halogens is 1. The maximum atomic E-state index is 9.96. The van der Waals surface area contributed by atoms with Gasteiger partial charge in [0.1, 0.15) is 18.8 Å². The van der Waals surface area contributed by atoms with Crippen LogP contribution in [0.3, 0.4) is 0 Å². The van der Waals surface area contributed by atoms with Gasteiger partial charge in [0.25, 0.3) is 0 Å². The van der Waals surface area contributed by atoms with Crippen molar-refractivity contribution in [3.8, 4) is 0 Å². The first-order valence-corrected chi connectivity index (χ1v) is 11.3. The van der Waals surface area contributed by atoms with E-state index in [-0.39, 0.29) is 5.48 Å². The Morgan fingerprint density at radius 2 is 1.57 bits per heavy atom. The minimum absolute atomic E-state index is 0. The van der Waals surface area contributed by atoms with Crippen molar-refractivity contribution in [2.45, 2.75) is 26.3 Å². The van der Waals surface area contributed by atoms with E-state index in [9.17, 15) is 14.0 Å². The van der Waals surface area contributed by atoms with E-state index >= 15 is 0 Å². The van der Waals surface area contributed by atoms with Gasteiger partial charge >= 0.3 is 0 Å². The summed E-state index contributed by atoms with van der Waals surface area (Å²) in [5.74, 6) is 8.00. The van der Waals surface area contributed by atoms with Crippen LogP contribution in [0.2, 0.25) is 0 Å². The zero-order valence-corrected chi connectivity index (χ0v) is 22.7. The van der Waals surface area contributed by atoms with E-state index in [4.69, 9.17) is 19.7 Å². The molecule has 7 N–H and O–H groups in total. The fourth-order valence-electron chi connectivity index (χ4n) is 2.10. The van der Waals surface area contributed by atoms with Crippen molar-refractivity contribution >= 4 is 31.1 Å². The lowest BCUT2D eigenvalue weighted by atomic mass is 10.1. The van der Waals surface area contributed by atoms with Crippen LogP contribution in [0.5, 0.6) is 0 Å². The number of nitrogens with zero attached hydrogens (tertiary/aromatic N) is 1. The summed E-state index contributed by atoms with van der Waals surface area (Å²) in [6, 6.07) is 5.66. The Morgan fingerprint density at radius 1 is 1.05 bits per heavy atom. The van der Waals surface area contributed by atoms with E-state index in [1.165, 1.54) is 24.7 Å². The van der Waals surface area contributed by atoms with Gasteiger partial charge in [0.15, 0.2) is 6.29 Å². The smallest absolute Gasteiger partial charge is 0.153 e. The largest absolute Gasteiger partial charge is 0.472 e. The van der Waals surface area contributed by atoms with E-state index < -0.39 is 7.15 Å². The Kier molecular flexibility index (Phi) is 36.8. The number of rotatable bonds is 7. The number of carbonyl (C=O) groups is 3. The van der Waals surface area contributed by atoms with Crippen molar-refractivity contribution in [3.63, 3.8) is 0 Å². The van der Waals surface area contributed by atoms with Gasteiger partial charge in [-0.1, -0.05) is 6.58 Å². The monoisotopic (exact) mass is 569 g/mol. The molecule has 12 nitrogen and oxygen atoms in total. The molecule has 4 heterocycles. The van der Waals surface area contributed by atoms with Crippen LogP contribution >= 0.6 is 0 Å². The number of hydrazine groups is 1. The third-order valence-electron chi connectivity index (χ3n) is 3.70. The predicted molar refractivity (Wildman–Crippen MR) is 153 cm³/mol. The predicted octanol–water partition coefficient (Wildman–Crippen LogP) is 3.88. The van der Waals surface area contributed by atoms with Gasteiger partial charge in [0, 0.05) is 37.0 Å².